The van der Waals surface area contributed by atoms with Crippen LogP contribution in [0.25, 0.3) is 0 Å². The molecular formula is C13H18INO3. The predicted octanol–water partition coefficient (Wildman–Crippen LogP) is 3.32. The summed E-state index contributed by atoms with van der Waals surface area (Å²) in [4.78, 5) is 11.5. The molecule has 0 aliphatic heterocycles. The van der Waals surface area contributed by atoms with Crippen molar-refractivity contribution < 1.29 is 14.3 Å². The first-order valence-corrected chi connectivity index (χ1v) is 6.69. The van der Waals surface area contributed by atoms with E-state index in [1.807, 2.05) is 39.0 Å². The summed E-state index contributed by atoms with van der Waals surface area (Å²) in [6, 6.07) is 5.82. The Bertz CT molecular complexity index is 427. The summed E-state index contributed by atoms with van der Waals surface area (Å²) in [5.41, 5.74) is 0.434. The van der Waals surface area contributed by atoms with E-state index in [4.69, 9.17) is 9.47 Å². The fourth-order valence-electron chi connectivity index (χ4n) is 1.35. The van der Waals surface area contributed by atoms with Gasteiger partial charge in [-0.25, -0.2) is 4.79 Å². The molecular weight excluding hydrogens is 345 g/mol. The van der Waals surface area contributed by atoms with E-state index in [-0.39, 0.29) is 0 Å². The number of hydrogen-bond acceptors (Lipinski definition) is 3. The highest BCUT2D eigenvalue weighted by molar-refractivity contribution is 14.1. The molecule has 18 heavy (non-hydrogen) atoms. The SMILES string of the molecule is COc1cc(I)ccc1CNC(=O)OC(C)(C)C. The molecule has 0 radical (unpaired) electrons. The van der Waals surface area contributed by atoms with Gasteiger partial charge in [-0.2, -0.15) is 0 Å². The third kappa shape index (κ3) is 5.12. The van der Waals surface area contributed by atoms with E-state index >= 15 is 0 Å². The van der Waals surface area contributed by atoms with Gasteiger partial charge < -0.3 is 14.8 Å². The standard InChI is InChI=1S/C13H18INO3/c1-13(2,3)18-12(16)15-8-9-5-6-10(14)7-11(9)17-4/h5-7H,8H2,1-4H3,(H,15,16). The van der Waals surface area contributed by atoms with Crippen LogP contribution in [-0.4, -0.2) is 18.8 Å². The molecule has 0 aliphatic rings. The van der Waals surface area contributed by atoms with Gasteiger partial charge in [0.15, 0.2) is 0 Å². The average molecular weight is 363 g/mol. The average Bonchev–Trinajstić information content (AvgIpc) is 2.24. The lowest BCUT2D eigenvalue weighted by Gasteiger charge is -2.20. The summed E-state index contributed by atoms with van der Waals surface area (Å²) < 4.78 is 11.5. The van der Waals surface area contributed by atoms with Gasteiger partial charge in [0, 0.05) is 15.7 Å². The molecule has 0 aliphatic carbocycles. The predicted molar refractivity (Wildman–Crippen MR) is 78.8 cm³/mol. The van der Waals surface area contributed by atoms with Gasteiger partial charge in [-0.3, -0.25) is 0 Å². The van der Waals surface area contributed by atoms with Crippen molar-refractivity contribution in [3.63, 3.8) is 0 Å². The lowest BCUT2D eigenvalue weighted by molar-refractivity contribution is 0.0523. The number of ether oxygens (including phenoxy) is 2. The number of carbonyl (C=O) groups excluding carboxylic acids is 1. The van der Waals surface area contributed by atoms with Crippen molar-refractivity contribution >= 4 is 28.7 Å². The van der Waals surface area contributed by atoms with E-state index in [9.17, 15) is 4.79 Å². The highest BCUT2D eigenvalue weighted by Gasteiger charge is 2.16. The van der Waals surface area contributed by atoms with E-state index in [2.05, 4.69) is 27.9 Å². The van der Waals surface area contributed by atoms with Gasteiger partial charge >= 0.3 is 6.09 Å². The van der Waals surface area contributed by atoms with Gasteiger partial charge in [-0.05, 0) is 55.5 Å². The second-order valence-electron chi connectivity index (χ2n) is 4.81. The Kier molecular flexibility index (Phi) is 5.25. The van der Waals surface area contributed by atoms with Gasteiger partial charge in [0.2, 0.25) is 0 Å². The van der Waals surface area contributed by atoms with Crippen molar-refractivity contribution in [3.05, 3.63) is 27.3 Å². The monoisotopic (exact) mass is 363 g/mol. The molecule has 0 saturated carbocycles. The molecule has 5 heteroatoms. The molecule has 4 nitrogen and oxygen atoms in total. The quantitative estimate of drug-likeness (QED) is 0.839. The molecule has 0 saturated heterocycles. The molecule has 0 atom stereocenters. The first kappa shape index (κ1) is 15.1. The van der Waals surface area contributed by atoms with E-state index in [1.54, 1.807) is 7.11 Å². The minimum atomic E-state index is -0.486. The summed E-state index contributed by atoms with van der Waals surface area (Å²) in [7, 11) is 1.61. The molecule has 0 aromatic heterocycles. The first-order chi connectivity index (χ1) is 8.31. The molecule has 1 N–H and O–H groups in total. The highest BCUT2D eigenvalue weighted by atomic mass is 127. The van der Waals surface area contributed by atoms with Crippen molar-refractivity contribution in [1.82, 2.24) is 5.32 Å². The number of rotatable bonds is 3. The van der Waals surface area contributed by atoms with Crippen LogP contribution in [0.15, 0.2) is 18.2 Å². The number of nitrogens with one attached hydrogen (secondary N) is 1. The van der Waals surface area contributed by atoms with Crippen LogP contribution in [0, 0.1) is 3.57 Å². The van der Waals surface area contributed by atoms with E-state index in [0.717, 1.165) is 14.9 Å². The van der Waals surface area contributed by atoms with E-state index in [0.29, 0.717) is 6.54 Å². The first-order valence-electron chi connectivity index (χ1n) is 5.61. The van der Waals surface area contributed by atoms with Crippen molar-refractivity contribution in [2.45, 2.75) is 32.9 Å². The molecule has 0 heterocycles. The largest absolute Gasteiger partial charge is 0.496 e. The van der Waals surface area contributed by atoms with Crippen LogP contribution < -0.4 is 10.1 Å². The number of hydrogen-bond donors (Lipinski definition) is 1. The molecule has 1 rings (SSSR count). The second-order valence-corrected chi connectivity index (χ2v) is 6.06. The molecule has 0 unspecified atom stereocenters. The summed E-state index contributed by atoms with van der Waals surface area (Å²) >= 11 is 2.21. The Morgan fingerprint density at radius 2 is 2.06 bits per heavy atom. The molecule has 1 amide bonds. The van der Waals surface area contributed by atoms with Crippen LogP contribution in [0.2, 0.25) is 0 Å². The van der Waals surface area contributed by atoms with Gasteiger partial charge in [-0.15, -0.1) is 0 Å². The van der Waals surface area contributed by atoms with Crippen molar-refractivity contribution in [2.24, 2.45) is 0 Å². The zero-order chi connectivity index (χ0) is 13.8. The number of amides is 1. The number of methoxy groups -OCH3 is 1. The Hall–Kier alpha value is -0.980. The van der Waals surface area contributed by atoms with Crippen LogP contribution >= 0.6 is 22.6 Å². The van der Waals surface area contributed by atoms with Crippen LogP contribution in [0.3, 0.4) is 0 Å². The summed E-state index contributed by atoms with van der Waals surface area (Å²) in [5.74, 6) is 0.762. The number of halogens is 1. The fourth-order valence-corrected chi connectivity index (χ4v) is 1.81. The summed E-state index contributed by atoms with van der Waals surface area (Å²) in [5, 5.41) is 2.71. The zero-order valence-electron chi connectivity index (χ0n) is 11.0. The van der Waals surface area contributed by atoms with Crippen molar-refractivity contribution in [2.75, 3.05) is 7.11 Å². The number of alkyl carbamates (subject to hydrolysis) is 1. The van der Waals surface area contributed by atoms with Gasteiger partial charge in [0.25, 0.3) is 0 Å². The van der Waals surface area contributed by atoms with Crippen LogP contribution in [-0.2, 0) is 11.3 Å². The maximum atomic E-state index is 11.5. The van der Waals surface area contributed by atoms with Crippen LogP contribution in [0.1, 0.15) is 26.3 Å². The minimum Gasteiger partial charge on any atom is -0.496 e. The third-order valence-electron chi connectivity index (χ3n) is 2.07. The lowest BCUT2D eigenvalue weighted by Crippen LogP contribution is -2.32. The molecule has 100 valence electrons. The Labute approximate surface area is 121 Å². The molecule has 1 aromatic carbocycles. The maximum absolute atomic E-state index is 11.5. The molecule has 1 aromatic rings. The van der Waals surface area contributed by atoms with E-state index in [1.165, 1.54) is 0 Å². The van der Waals surface area contributed by atoms with Crippen LogP contribution in [0.4, 0.5) is 4.79 Å². The molecule has 0 spiro atoms. The van der Waals surface area contributed by atoms with Gasteiger partial charge in [0.05, 0.1) is 7.11 Å². The van der Waals surface area contributed by atoms with Gasteiger partial charge in [-0.1, -0.05) is 6.07 Å². The normalized spacial score (nSPS) is 10.9. The highest BCUT2D eigenvalue weighted by Crippen LogP contribution is 2.21. The molecule has 0 bridgehead atoms. The maximum Gasteiger partial charge on any atom is 0.407 e. The fraction of sp³-hybridized carbons (Fsp3) is 0.462. The number of carbonyl (C=O) groups is 1. The van der Waals surface area contributed by atoms with Crippen molar-refractivity contribution in [1.29, 1.82) is 0 Å². The van der Waals surface area contributed by atoms with Crippen molar-refractivity contribution in [3.8, 4) is 5.75 Å². The molecule has 0 fully saturated rings. The summed E-state index contributed by atoms with van der Waals surface area (Å²) in [6.07, 6.45) is -0.428. The topological polar surface area (TPSA) is 47.6 Å². The van der Waals surface area contributed by atoms with E-state index < -0.39 is 11.7 Å². The van der Waals surface area contributed by atoms with Crippen LogP contribution in [0.5, 0.6) is 5.75 Å². The summed E-state index contributed by atoms with van der Waals surface area (Å²) in [6.45, 7) is 5.88. The van der Waals surface area contributed by atoms with Gasteiger partial charge in [0.1, 0.15) is 11.4 Å². The third-order valence-corrected chi connectivity index (χ3v) is 2.74. The number of benzene rings is 1. The lowest BCUT2D eigenvalue weighted by atomic mass is 10.2. The second kappa shape index (κ2) is 6.26. The smallest absolute Gasteiger partial charge is 0.407 e. The Balaban J connectivity index is 2.61. The minimum absolute atomic E-state index is 0.384. The Morgan fingerprint density at radius 1 is 1.39 bits per heavy atom. The Morgan fingerprint density at radius 3 is 2.61 bits per heavy atom. The zero-order valence-corrected chi connectivity index (χ0v) is 13.2.